The van der Waals surface area contributed by atoms with Gasteiger partial charge in [-0.05, 0) is 74.0 Å². The van der Waals surface area contributed by atoms with Crippen molar-refractivity contribution in [3.05, 3.63) is 0 Å². The minimum Gasteiger partial charge on any atom is -0.294 e. The average molecular weight is 672 g/mol. The number of carbonyl (C=O) groups excluding carboxylic acids is 4. The molecular weight excluding hydrogens is 652 g/mol. The Morgan fingerprint density at radius 1 is 0.667 bits per heavy atom. The molecule has 30 heavy (non-hydrogen) atoms. The van der Waals surface area contributed by atoms with Gasteiger partial charge in [0, 0.05) is 0 Å². The minimum absolute atomic E-state index is 0.0398. The molecule has 4 saturated carbocycles. The van der Waals surface area contributed by atoms with Gasteiger partial charge < -0.3 is 0 Å². The molecule has 2 N–H and O–H groups in total. The third-order valence-electron chi connectivity index (χ3n) is 9.73. The van der Waals surface area contributed by atoms with Crippen molar-refractivity contribution in [2.45, 2.75) is 57.8 Å². The molecule has 0 aromatic carbocycles. The summed E-state index contributed by atoms with van der Waals surface area (Å²) in [6.45, 7) is 0. The summed E-state index contributed by atoms with van der Waals surface area (Å²) in [5.74, 6) is -0.647. The van der Waals surface area contributed by atoms with Crippen LogP contribution in [0.2, 0.25) is 0 Å². The lowest BCUT2D eigenvalue weighted by Crippen LogP contribution is -2.74. The molecule has 4 bridgehead atoms. The monoisotopic (exact) mass is 668 g/mol. The lowest BCUT2D eigenvalue weighted by molar-refractivity contribution is -0.164. The van der Waals surface area contributed by atoms with E-state index in [4.69, 9.17) is 0 Å². The van der Waals surface area contributed by atoms with Crippen LogP contribution in [0.4, 0.5) is 0 Å². The van der Waals surface area contributed by atoms with Gasteiger partial charge in [-0.3, -0.25) is 29.8 Å². The number of halogens is 4. The van der Waals surface area contributed by atoms with Crippen LogP contribution in [0.15, 0.2) is 0 Å². The van der Waals surface area contributed by atoms with Gasteiger partial charge in [0.1, 0.15) is 6.47 Å². The van der Waals surface area contributed by atoms with Crippen LogP contribution < -0.4 is 10.6 Å². The molecule has 4 unspecified atom stereocenters. The summed E-state index contributed by atoms with van der Waals surface area (Å²) in [7, 11) is 0. The van der Waals surface area contributed by atoms with Crippen LogP contribution in [0, 0.1) is 33.5 Å². The van der Waals surface area contributed by atoms with Gasteiger partial charge in [0.2, 0.25) is 23.6 Å². The highest BCUT2D eigenvalue weighted by molar-refractivity contribution is 9.25. The molecule has 4 amide bonds. The van der Waals surface area contributed by atoms with E-state index in [0.717, 1.165) is 51.4 Å². The van der Waals surface area contributed by atoms with Gasteiger partial charge in [-0.2, -0.15) is 0 Å². The number of rotatable bonds is 3. The second-order valence-corrected chi connectivity index (χ2v) is 17.2. The fraction of sp³-hybridized carbons (Fsp3) is 0.800. The van der Waals surface area contributed by atoms with Crippen LogP contribution in [0.3, 0.4) is 0 Å². The molecule has 0 aromatic rings. The Balaban J connectivity index is 1.33. The molecule has 2 heterocycles. The number of nitrogens with one attached hydrogen (secondary N) is 2. The molecule has 0 aromatic heterocycles. The van der Waals surface area contributed by atoms with E-state index in [2.05, 4.69) is 74.4 Å². The number of fused-ring (bicyclic) bond motifs is 6. The third-order valence-corrected chi connectivity index (χ3v) is 15.6. The molecular formula is C20H20Br4N2O4. The molecule has 2 aliphatic heterocycles. The van der Waals surface area contributed by atoms with Crippen LogP contribution in [-0.2, 0) is 19.2 Å². The Labute approximate surface area is 207 Å². The van der Waals surface area contributed by atoms with Crippen molar-refractivity contribution >= 4 is 87.3 Å². The quantitative estimate of drug-likeness (QED) is 0.273. The fourth-order valence-corrected chi connectivity index (χ4v) is 13.1. The summed E-state index contributed by atoms with van der Waals surface area (Å²) in [4.78, 5) is 50.5. The second-order valence-electron chi connectivity index (χ2n) is 10.3. The Morgan fingerprint density at radius 3 is 1.27 bits per heavy atom. The Kier molecular flexibility index (Phi) is 3.90. The Hall–Kier alpha value is 0.200. The highest BCUT2D eigenvalue weighted by atomic mass is 79.9. The van der Waals surface area contributed by atoms with E-state index in [1.165, 1.54) is 0 Å². The first-order valence-corrected chi connectivity index (χ1v) is 13.6. The Morgan fingerprint density at radius 2 is 1.00 bits per heavy atom. The number of alkyl halides is 4. The van der Waals surface area contributed by atoms with Gasteiger partial charge in [0.05, 0.1) is 0 Å². The van der Waals surface area contributed by atoms with Crippen molar-refractivity contribution in [2.24, 2.45) is 33.5 Å². The molecule has 6 aliphatic rings. The second kappa shape index (κ2) is 5.63. The van der Waals surface area contributed by atoms with Crippen LogP contribution in [0.25, 0.3) is 0 Å². The zero-order valence-electron chi connectivity index (χ0n) is 16.0. The van der Waals surface area contributed by atoms with Crippen molar-refractivity contribution < 1.29 is 19.2 Å². The number of hydrogen-bond acceptors (Lipinski definition) is 4. The summed E-state index contributed by atoms with van der Waals surface area (Å²) in [5.41, 5.74) is -2.51. The van der Waals surface area contributed by atoms with E-state index >= 15 is 0 Å². The standard InChI is InChI=1S/C20H20Br4N2O4/c21-19(22)15(3-1-9(7-15)17(19)11(27)25-12(17)28)5-6-16-4-2-10(8-16)18(20(16,23)24)13(29)26-14(18)30/h9-10H,1-8H2,(H,25,27,28)(H,26,29,30). The summed E-state index contributed by atoms with van der Waals surface area (Å²) in [5, 5.41) is 4.87. The third kappa shape index (κ3) is 1.75. The topological polar surface area (TPSA) is 92.3 Å². The maximum atomic E-state index is 12.6. The molecule has 0 radical (unpaired) electrons. The molecule has 6 nitrogen and oxygen atoms in total. The van der Waals surface area contributed by atoms with Crippen molar-refractivity contribution in [2.75, 3.05) is 0 Å². The SMILES string of the molecule is O=C1NC(=O)C12C1CCC(CCC34CCC(C3)C3(C(=O)NC3=O)C4(Br)Br)(C1)C2(Br)Br. The van der Waals surface area contributed by atoms with E-state index in [0.29, 0.717) is 0 Å². The molecule has 10 heteroatoms. The maximum Gasteiger partial charge on any atom is 0.244 e. The normalized spacial score (nSPS) is 44.9. The van der Waals surface area contributed by atoms with Crippen LogP contribution in [0.1, 0.15) is 51.4 Å². The van der Waals surface area contributed by atoms with E-state index in [9.17, 15) is 19.2 Å². The van der Waals surface area contributed by atoms with Gasteiger partial charge >= 0.3 is 0 Å². The van der Waals surface area contributed by atoms with E-state index in [1.807, 2.05) is 0 Å². The van der Waals surface area contributed by atoms with Gasteiger partial charge in [0.25, 0.3) is 0 Å². The van der Waals surface area contributed by atoms with E-state index in [1.54, 1.807) is 0 Å². The zero-order chi connectivity index (χ0) is 21.5. The van der Waals surface area contributed by atoms with Crippen LogP contribution >= 0.6 is 63.7 Å². The van der Waals surface area contributed by atoms with E-state index in [-0.39, 0.29) is 46.3 Å². The number of amides is 4. The first-order valence-electron chi connectivity index (χ1n) is 10.4. The first kappa shape index (κ1) is 20.8. The highest BCUT2D eigenvalue weighted by Crippen LogP contribution is 2.80. The lowest BCUT2D eigenvalue weighted by atomic mass is 9.61. The molecule has 4 atom stereocenters. The average Bonchev–Trinajstić information content (AvgIpc) is 3.34. The predicted octanol–water partition coefficient (Wildman–Crippen LogP) is 3.62. The van der Waals surface area contributed by atoms with Crippen molar-refractivity contribution in [1.29, 1.82) is 0 Å². The Bertz CT molecular complexity index is 860. The van der Waals surface area contributed by atoms with Crippen LogP contribution in [-0.4, -0.2) is 30.1 Å². The van der Waals surface area contributed by atoms with E-state index < -0.39 is 17.3 Å². The molecule has 6 fully saturated rings. The number of carbonyl (C=O) groups is 4. The smallest absolute Gasteiger partial charge is 0.244 e. The molecule has 2 spiro atoms. The maximum absolute atomic E-state index is 12.6. The van der Waals surface area contributed by atoms with Crippen molar-refractivity contribution in [3.63, 3.8) is 0 Å². The van der Waals surface area contributed by atoms with Gasteiger partial charge in [0.15, 0.2) is 10.8 Å². The van der Waals surface area contributed by atoms with Gasteiger partial charge in [-0.15, -0.1) is 0 Å². The number of imide groups is 2. The summed E-state index contributed by atoms with van der Waals surface area (Å²) >= 11 is 15.3. The largest absolute Gasteiger partial charge is 0.294 e. The number of β-lactam (4-membered cyclic amide) rings is 4. The van der Waals surface area contributed by atoms with Crippen molar-refractivity contribution in [3.8, 4) is 0 Å². The summed E-state index contributed by atoms with van der Waals surface area (Å²) < 4.78 is -1.53. The predicted molar refractivity (Wildman–Crippen MR) is 121 cm³/mol. The molecule has 6 rings (SSSR count). The fourth-order valence-electron chi connectivity index (χ4n) is 8.15. The van der Waals surface area contributed by atoms with Gasteiger partial charge in [-0.1, -0.05) is 63.7 Å². The molecule has 4 aliphatic carbocycles. The highest BCUT2D eigenvalue weighted by Gasteiger charge is 2.84. The summed E-state index contributed by atoms with van der Waals surface area (Å²) in [6.07, 6.45) is 6.91. The van der Waals surface area contributed by atoms with Crippen LogP contribution in [0.5, 0.6) is 0 Å². The molecule has 162 valence electrons. The minimum atomic E-state index is -1.03. The van der Waals surface area contributed by atoms with Gasteiger partial charge in [-0.25, -0.2) is 0 Å². The zero-order valence-corrected chi connectivity index (χ0v) is 22.3. The first-order chi connectivity index (χ1) is 13.9. The van der Waals surface area contributed by atoms with Crippen molar-refractivity contribution in [1.82, 2.24) is 10.6 Å². The molecule has 2 saturated heterocycles. The lowest BCUT2D eigenvalue weighted by Gasteiger charge is -2.55. The summed E-state index contributed by atoms with van der Waals surface area (Å²) in [6, 6.07) is 0. The number of hydrogen-bond donors (Lipinski definition) is 2.